The summed E-state index contributed by atoms with van der Waals surface area (Å²) in [5, 5.41) is 0. The molecule has 1 aliphatic carbocycles. The van der Waals surface area contributed by atoms with Crippen LogP contribution in [0.25, 0.3) is 0 Å². The molecule has 1 aromatic carbocycles. The SMILES string of the molecule is O=C(c1ccccc1F)C1CCC(C(F)(F)F)CC1. The van der Waals surface area contributed by atoms with Gasteiger partial charge in [0.25, 0.3) is 0 Å². The minimum Gasteiger partial charge on any atom is -0.294 e. The number of carbonyl (C=O) groups is 1. The lowest BCUT2D eigenvalue weighted by Crippen LogP contribution is -2.30. The second-order valence-electron chi connectivity index (χ2n) is 4.93. The molecule has 0 radical (unpaired) electrons. The van der Waals surface area contributed by atoms with Gasteiger partial charge in [0.2, 0.25) is 0 Å². The van der Waals surface area contributed by atoms with E-state index in [0.717, 1.165) is 0 Å². The van der Waals surface area contributed by atoms with Crippen molar-refractivity contribution in [2.45, 2.75) is 31.9 Å². The maximum absolute atomic E-state index is 13.5. The van der Waals surface area contributed by atoms with E-state index in [4.69, 9.17) is 0 Å². The van der Waals surface area contributed by atoms with Crippen molar-refractivity contribution in [1.82, 2.24) is 0 Å². The second kappa shape index (κ2) is 5.31. The Kier molecular flexibility index (Phi) is 3.92. The van der Waals surface area contributed by atoms with Gasteiger partial charge < -0.3 is 0 Å². The summed E-state index contributed by atoms with van der Waals surface area (Å²) in [6.45, 7) is 0. The number of halogens is 4. The van der Waals surface area contributed by atoms with Crippen molar-refractivity contribution in [3.8, 4) is 0 Å². The molecule has 1 fully saturated rings. The Morgan fingerprint density at radius 1 is 1.05 bits per heavy atom. The fourth-order valence-electron chi connectivity index (χ4n) is 2.56. The number of hydrogen-bond donors (Lipinski definition) is 0. The third kappa shape index (κ3) is 3.14. The minimum atomic E-state index is -4.19. The zero-order valence-corrected chi connectivity index (χ0v) is 10.2. The molecule has 1 saturated carbocycles. The first-order valence-electron chi connectivity index (χ1n) is 6.25. The summed E-state index contributed by atoms with van der Waals surface area (Å²) in [6.07, 6.45) is -3.93. The van der Waals surface area contributed by atoms with E-state index in [1.807, 2.05) is 0 Å². The maximum atomic E-state index is 13.5. The van der Waals surface area contributed by atoms with Crippen LogP contribution in [0, 0.1) is 17.7 Å². The molecule has 0 unspecified atom stereocenters. The zero-order valence-electron chi connectivity index (χ0n) is 10.2. The van der Waals surface area contributed by atoms with Crippen molar-refractivity contribution >= 4 is 5.78 Å². The molecule has 0 heterocycles. The summed E-state index contributed by atoms with van der Waals surface area (Å²) in [7, 11) is 0. The first-order chi connectivity index (χ1) is 8.89. The van der Waals surface area contributed by atoms with Gasteiger partial charge in [-0.25, -0.2) is 4.39 Å². The molecule has 104 valence electrons. The average Bonchev–Trinajstić information content (AvgIpc) is 2.38. The third-order valence-corrected chi connectivity index (χ3v) is 3.70. The molecule has 1 nitrogen and oxygen atoms in total. The van der Waals surface area contributed by atoms with Crippen LogP contribution in [0.15, 0.2) is 24.3 Å². The predicted octanol–water partition coefficient (Wildman–Crippen LogP) is 4.38. The minimum absolute atomic E-state index is 0.0158. The van der Waals surface area contributed by atoms with Crippen molar-refractivity contribution in [2.24, 2.45) is 11.8 Å². The molecule has 0 bridgehead atoms. The van der Waals surface area contributed by atoms with Crippen molar-refractivity contribution in [2.75, 3.05) is 0 Å². The average molecular weight is 274 g/mol. The van der Waals surface area contributed by atoms with Crippen molar-refractivity contribution in [1.29, 1.82) is 0 Å². The number of carbonyl (C=O) groups excluding carboxylic acids is 1. The summed E-state index contributed by atoms with van der Waals surface area (Å²) in [4.78, 5) is 12.1. The van der Waals surface area contributed by atoms with Crippen LogP contribution < -0.4 is 0 Å². The van der Waals surface area contributed by atoms with E-state index in [2.05, 4.69) is 0 Å². The quantitative estimate of drug-likeness (QED) is 0.578. The standard InChI is InChI=1S/C14H14F4O/c15-12-4-2-1-3-11(12)13(19)9-5-7-10(8-6-9)14(16,17)18/h1-4,9-10H,5-8H2. The Morgan fingerprint density at radius 3 is 2.16 bits per heavy atom. The van der Waals surface area contributed by atoms with Crippen LogP contribution in [-0.4, -0.2) is 12.0 Å². The Bertz CT molecular complexity index is 459. The van der Waals surface area contributed by atoms with Gasteiger partial charge in [-0.1, -0.05) is 12.1 Å². The number of ketones is 1. The number of alkyl halides is 3. The monoisotopic (exact) mass is 274 g/mol. The molecule has 1 aliphatic rings. The first-order valence-corrected chi connectivity index (χ1v) is 6.25. The third-order valence-electron chi connectivity index (χ3n) is 3.70. The molecule has 1 aromatic rings. The first kappa shape index (κ1) is 14.0. The summed E-state index contributed by atoms with van der Waals surface area (Å²) >= 11 is 0. The van der Waals surface area contributed by atoms with Gasteiger partial charge in [0.1, 0.15) is 5.82 Å². The molecule has 0 atom stereocenters. The lowest BCUT2D eigenvalue weighted by molar-refractivity contribution is -0.183. The van der Waals surface area contributed by atoms with Gasteiger partial charge in [-0.3, -0.25) is 4.79 Å². The molecule has 0 aromatic heterocycles. The van der Waals surface area contributed by atoms with Gasteiger partial charge >= 0.3 is 6.18 Å². The highest BCUT2D eigenvalue weighted by Crippen LogP contribution is 2.40. The number of benzene rings is 1. The molecule has 0 amide bonds. The fourth-order valence-corrected chi connectivity index (χ4v) is 2.56. The molecular formula is C14H14F4O. The van der Waals surface area contributed by atoms with E-state index in [1.165, 1.54) is 18.2 Å². The molecule has 0 saturated heterocycles. The topological polar surface area (TPSA) is 17.1 Å². The molecular weight excluding hydrogens is 260 g/mol. The Morgan fingerprint density at radius 2 is 1.63 bits per heavy atom. The van der Waals surface area contributed by atoms with Crippen LogP contribution in [-0.2, 0) is 0 Å². The molecule has 5 heteroatoms. The van der Waals surface area contributed by atoms with Crippen LogP contribution >= 0.6 is 0 Å². The summed E-state index contributed by atoms with van der Waals surface area (Å²) in [6, 6.07) is 5.60. The van der Waals surface area contributed by atoms with Gasteiger partial charge in [0.05, 0.1) is 11.5 Å². The van der Waals surface area contributed by atoms with E-state index >= 15 is 0 Å². The van der Waals surface area contributed by atoms with Gasteiger partial charge in [0.15, 0.2) is 5.78 Å². The number of hydrogen-bond acceptors (Lipinski definition) is 1. The summed E-state index contributed by atoms with van der Waals surface area (Å²) in [5.41, 5.74) is -0.0158. The van der Waals surface area contributed by atoms with Crippen molar-refractivity contribution < 1.29 is 22.4 Å². The smallest absolute Gasteiger partial charge is 0.294 e. The largest absolute Gasteiger partial charge is 0.391 e. The summed E-state index contributed by atoms with van der Waals surface area (Å²) in [5.74, 6) is -2.79. The van der Waals surface area contributed by atoms with E-state index in [-0.39, 0.29) is 37.0 Å². The Hall–Kier alpha value is -1.39. The maximum Gasteiger partial charge on any atom is 0.391 e. The van der Waals surface area contributed by atoms with E-state index in [9.17, 15) is 22.4 Å². The van der Waals surface area contributed by atoms with Crippen LogP contribution in [0.2, 0.25) is 0 Å². The molecule has 0 spiro atoms. The second-order valence-corrected chi connectivity index (χ2v) is 4.93. The van der Waals surface area contributed by atoms with Crippen LogP contribution in [0.1, 0.15) is 36.0 Å². The highest BCUT2D eigenvalue weighted by atomic mass is 19.4. The Balaban J connectivity index is 2.03. The highest BCUT2D eigenvalue weighted by molar-refractivity contribution is 5.98. The number of rotatable bonds is 2. The van der Waals surface area contributed by atoms with E-state index in [1.54, 1.807) is 6.07 Å². The van der Waals surface area contributed by atoms with Gasteiger partial charge in [-0.05, 0) is 37.8 Å². The Labute approximate surface area is 108 Å². The molecule has 2 rings (SSSR count). The van der Waals surface area contributed by atoms with Gasteiger partial charge in [-0.15, -0.1) is 0 Å². The zero-order chi connectivity index (χ0) is 14.0. The highest BCUT2D eigenvalue weighted by Gasteiger charge is 2.42. The van der Waals surface area contributed by atoms with Crippen LogP contribution in [0.5, 0.6) is 0 Å². The lowest BCUT2D eigenvalue weighted by Gasteiger charge is -2.29. The van der Waals surface area contributed by atoms with Crippen LogP contribution in [0.3, 0.4) is 0 Å². The molecule has 0 aliphatic heterocycles. The number of Topliss-reactive ketones (excluding diaryl/α,β-unsaturated/α-hetero) is 1. The van der Waals surface area contributed by atoms with Crippen molar-refractivity contribution in [3.63, 3.8) is 0 Å². The summed E-state index contributed by atoms with van der Waals surface area (Å²) < 4.78 is 51.0. The van der Waals surface area contributed by atoms with Gasteiger partial charge in [-0.2, -0.15) is 13.2 Å². The fraction of sp³-hybridized carbons (Fsp3) is 0.500. The van der Waals surface area contributed by atoms with Crippen molar-refractivity contribution in [3.05, 3.63) is 35.6 Å². The van der Waals surface area contributed by atoms with Crippen LogP contribution in [0.4, 0.5) is 17.6 Å². The predicted molar refractivity (Wildman–Crippen MR) is 62.2 cm³/mol. The molecule has 0 N–H and O–H groups in total. The lowest BCUT2D eigenvalue weighted by atomic mass is 9.78. The molecule has 19 heavy (non-hydrogen) atoms. The normalized spacial score (nSPS) is 24.2. The van der Waals surface area contributed by atoms with E-state index in [0.29, 0.717) is 0 Å². The van der Waals surface area contributed by atoms with E-state index < -0.39 is 23.8 Å². The van der Waals surface area contributed by atoms with Gasteiger partial charge in [0, 0.05) is 5.92 Å².